The fourth-order valence-electron chi connectivity index (χ4n) is 2.30. The number of nitrogens with one attached hydrogen (secondary N) is 1. The predicted molar refractivity (Wildman–Crippen MR) is 67.0 cm³/mol. The summed E-state index contributed by atoms with van der Waals surface area (Å²) in [6, 6.07) is 0.196. The van der Waals surface area contributed by atoms with Gasteiger partial charge in [-0.25, -0.2) is 0 Å². The fraction of sp³-hybridized carbons (Fsp3) is 0.846. The van der Waals surface area contributed by atoms with E-state index in [4.69, 9.17) is 4.74 Å². The molecule has 1 heterocycles. The lowest BCUT2D eigenvalue weighted by atomic mass is 10.0. The molecule has 1 aliphatic heterocycles. The third-order valence-electron chi connectivity index (χ3n) is 3.54. The van der Waals surface area contributed by atoms with Crippen molar-refractivity contribution in [3.8, 4) is 0 Å². The van der Waals surface area contributed by atoms with Crippen molar-refractivity contribution in [2.45, 2.75) is 38.6 Å². The zero-order chi connectivity index (χ0) is 13.0. The quantitative estimate of drug-likeness (QED) is 0.779. The van der Waals surface area contributed by atoms with Crippen LogP contribution in [-0.2, 0) is 14.3 Å². The molecule has 2 rings (SSSR count). The highest BCUT2D eigenvalue weighted by Gasteiger charge is 2.34. The monoisotopic (exact) mass is 254 g/mol. The first kappa shape index (κ1) is 13.3. The summed E-state index contributed by atoms with van der Waals surface area (Å²) in [7, 11) is 0. The van der Waals surface area contributed by atoms with Crippen LogP contribution in [0.1, 0.15) is 32.6 Å². The summed E-state index contributed by atoms with van der Waals surface area (Å²) < 4.78 is 5.06. The van der Waals surface area contributed by atoms with Gasteiger partial charge in [-0.05, 0) is 32.6 Å². The lowest BCUT2D eigenvalue weighted by Gasteiger charge is -2.32. The van der Waals surface area contributed by atoms with E-state index in [0.29, 0.717) is 18.4 Å². The highest BCUT2D eigenvalue weighted by molar-refractivity contribution is 5.81. The number of likely N-dealkylation sites (tertiary alicyclic amines) is 1. The summed E-state index contributed by atoms with van der Waals surface area (Å²) in [5, 5.41) is 2.96. The van der Waals surface area contributed by atoms with E-state index in [1.807, 2.05) is 11.8 Å². The standard InChI is InChI=1S/C13H22N2O3/c1-2-18-9-12(16)14-11-5-7-15(8-6-11)13(17)10-3-4-10/h10-11H,2-9H2,1H3,(H,14,16). The van der Waals surface area contributed by atoms with Crippen LogP contribution in [0, 0.1) is 5.92 Å². The zero-order valence-corrected chi connectivity index (χ0v) is 11.0. The fourth-order valence-corrected chi connectivity index (χ4v) is 2.30. The third kappa shape index (κ3) is 3.70. The van der Waals surface area contributed by atoms with Gasteiger partial charge in [0.1, 0.15) is 6.61 Å². The summed E-state index contributed by atoms with van der Waals surface area (Å²) in [5.74, 6) is 0.562. The van der Waals surface area contributed by atoms with Gasteiger partial charge in [0.2, 0.25) is 11.8 Å². The number of hydrogen-bond donors (Lipinski definition) is 1. The average Bonchev–Trinajstić information content (AvgIpc) is 3.21. The van der Waals surface area contributed by atoms with Gasteiger partial charge >= 0.3 is 0 Å². The number of carbonyl (C=O) groups excluding carboxylic acids is 2. The summed E-state index contributed by atoms with van der Waals surface area (Å²) in [5.41, 5.74) is 0. The first-order chi connectivity index (χ1) is 8.70. The summed E-state index contributed by atoms with van der Waals surface area (Å²) in [6.07, 6.45) is 3.83. The zero-order valence-electron chi connectivity index (χ0n) is 11.0. The van der Waals surface area contributed by atoms with Crippen LogP contribution in [0.3, 0.4) is 0 Å². The van der Waals surface area contributed by atoms with E-state index in [9.17, 15) is 9.59 Å². The van der Waals surface area contributed by atoms with Crippen LogP contribution in [-0.4, -0.2) is 49.1 Å². The molecule has 0 unspecified atom stereocenters. The Morgan fingerprint density at radius 2 is 1.89 bits per heavy atom. The van der Waals surface area contributed by atoms with Crippen LogP contribution in [0.15, 0.2) is 0 Å². The number of piperidine rings is 1. The number of amides is 2. The Balaban J connectivity index is 1.66. The lowest BCUT2D eigenvalue weighted by Crippen LogP contribution is -2.47. The van der Waals surface area contributed by atoms with Gasteiger partial charge in [-0.2, -0.15) is 0 Å². The number of rotatable bonds is 5. The lowest BCUT2D eigenvalue weighted by molar-refractivity contribution is -0.133. The van der Waals surface area contributed by atoms with Crippen LogP contribution in [0.25, 0.3) is 0 Å². The minimum Gasteiger partial charge on any atom is -0.372 e. The molecule has 0 aromatic heterocycles. The molecule has 2 amide bonds. The molecule has 1 N–H and O–H groups in total. The normalized spacial score (nSPS) is 20.8. The predicted octanol–water partition coefficient (Wildman–Crippen LogP) is 0.540. The first-order valence-electron chi connectivity index (χ1n) is 6.86. The molecular weight excluding hydrogens is 232 g/mol. The van der Waals surface area contributed by atoms with Gasteiger partial charge in [-0.15, -0.1) is 0 Å². The van der Waals surface area contributed by atoms with Crippen molar-refractivity contribution >= 4 is 11.8 Å². The number of hydrogen-bond acceptors (Lipinski definition) is 3. The first-order valence-corrected chi connectivity index (χ1v) is 6.86. The van der Waals surface area contributed by atoms with Crippen molar-refractivity contribution < 1.29 is 14.3 Å². The second-order valence-corrected chi connectivity index (χ2v) is 5.08. The van der Waals surface area contributed by atoms with Crippen molar-refractivity contribution in [3.63, 3.8) is 0 Å². The molecule has 0 atom stereocenters. The molecule has 2 fully saturated rings. The SMILES string of the molecule is CCOCC(=O)NC1CCN(C(=O)C2CC2)CC1. The Morgan fingerprint density at radius 1 is 1.22 bits per heavy atom. The highest BCUT2D eigenvalue weighted by Crippen LogP contribution is 2.31. The van der Waals surface area contributed by atoms with E-state index >= 15 is 0 Å². The van der Waals surface area contributed by atoms with E-state index in [0.717, 1.165) is 38.8 Å². The Morgan fingerprint density at radius 3 is 2.44 bits per heavy atom. The minimum absolute atomic E-state index is 0.0520. The maximum atomic E-state index is 11.8. The van der Waals surface area contributed by atoms with Gasteiger partial charge in [-0.3, -0.25) is 9.59 Å². The molecule has 1 saturated heterocycles. The molecule has 5 nitrogen and oxygen atoms in total. The van der Waals surface area contributed by atoms with E-state index in [1.54, 1.807) is 0 Å². The maximum Gasteiger partial charge on any atom is 0.246 e. The second-order valence-electron chi connectivity index (χ2n) is 5.08. The molecule has 0 aromatic rings. The largest absolute Gasteiger partial charge is 0.372 e. The summed E-state index contributed by atoms with van der Waals surface area (Å²) in [6.45, 7) is 4.11. The van der Waals surface area contributed by atoms with Crippen molar-refractivity contribution in [2.75, 3.05) is 26.3 Å². The van der Waals surface area contributed by atoms with Crippen molar-refractivity contribution in [1.82, 2.24) is 10.2 Å². The molecule has 0 radical (unpaired) electrons. The second kappa shape index (κ2) is 6.18. The van der Waals surface area contributed by atoms with Gasteiger partial charge in [0.05, 0.1) is 0 Å². The van der Waals surface area contributed by atoms with Gasteiger partial charge < -0.3 is 15.0 Å². The van der Waals surface area contributed by atoms with E-state index in [1.165, 1.54) is 0 Å². The topological polar surface area (TPSA) is 58.6 Å². The van der Waals surface area contributed by atoms with Crippen molar-refractivity contribution in [3.05, 3.63) is 0 Å². The summed E-state index contributed by atoms with van der Waals surface area (Å²) >= 11 is 0. The average molecular weight is 254 g/mol. The van der Waals surface area contributed by atoms with Gasteiger partial charge in [0.15, 0.2) is 0 Å². The van der Waals surface area contributed by atoms with Crippen LogP contribution in [0.2, 0.25) is 0 Å². The Labute approximate surface area is 108 Å². The molecule has 1 saturated carbocycles. The molecule has 0 spiro atoms. The maximum absolute atomic E-state index is 11.8. The molecule has 1 aliphatic carbocycles. The molecule has 102 valence electrons. The number of carbonyl (C=O) groups is 2. The van der Waals surface area contributed by atoms with Crippen LogP contribution in [0.4, 0.5) is 0 Å². The van der Waals surface area contributed by atoms with Gasteiger partial charge in [0, 0.05) is 31.7 Å². The molecule has 2 aliphatic rings. The number of nitrogens with zero attached hydrogens (tertiary/aromatic N) is 1. The smallest absolute Gasteiger partial charge is 0.246 e. The molecule has 0 bridgehead atoms. The third-order valence-corrected chi connectivity index (χ3v) is 3.54. The highest BCUT2D eigenvalue weighted by atomic mass is 16.5. The molecule has 0 aromatic carbocycles. The van der Waals surface area contributed by atoms with Gasteiger partial charge in [-0.1, -0.05) is 0 Å². The number of ether oxygens (including phenoxy) is 1. The Bertz CT molecular complexity index is 307. The Kier molecular flexibility index (Phi) is 4.58. The van der Waals surface area contributed by atoms with E-state index < -0.39 is 0 Å². The molecule has 18 heavy (non-hydrogen) atoms. The Hall–Kier alpha value is -1.10. The minimum atomic E-state index is -0.0520. The summed E-state index contributed by atoms with van der Waals surface area (Å²) in [4.78, 5) is 25.3. The van der Waals surface area contributed by atoms with Crippen LogP contribution >= 0.6 is 0 Å². The molecule has 5 heteroatoms. The van der Waals surface area contributed by atoms with E-state index in [-0.39, 0.29) is 18.6 Å². The van der Waals surface area contributed by atoms with Gasteiger partial charge in [0.25, 0.3) is 0 Å². The van der Waals surface area contributed by atoms with Crippen LogP contribution in [0.5, 0.6) is 0 Å². The molecular formula is C13H22N2O3. The van der Waals surface area contributed by atoms with Crippen molar-refractivity contribution in [1.29, 1.82) is 0 Å². The van der Waals surface area contributed by atoms with E-state index in [2.05, 4.69) is 5.32 Å². The van der Waals surface area contributed by atoms with Crippen molar-refractivity contribution in [2.24, 2.45) is 5.92 Å². The van der Waals surface area contributed by atoms with Crippen LogP contribution < -0.4 is 5.32 Å².